The molecule has 3 aromatic rings. The van der Waals surface area contributed by atoms with Gasteiger partial charge in [0.15, 0.2) is 0 Å². The van der Waals surface area contributed by atoms with Crippen LogP contribution in [-0.2, 0) is 16.0 Å². The van der Waals surface area contributed by atoms with Gasteiger partial charge in [0.1, 0.15) is 6.04 Å². The van der Waals surface area contributed by atoms with E-state index in [-0.39, 0.29) is 17.5 Å². The number of carboxylic acids is 1. The molecule has 2 N–H and O–H groups in total. The summed E-state index contributed by atoms with van der Waals surface area (Å²) in [5.74, 6) is -2.41. The predicted molar refractivity (Wildman–Crippen MR) is 99.9 cm³/mol. The van der Waals surface area contributed by atoms with Crippen LogP contribution in [0.15, 0.2) is 54.7 Å². The zero-order chi connectivity index (χ0) is 20.1. The van der Waals surface area contributed by atoms with Gasteiger partial charge in [-0.1, -0.05) is 18.2 Å². The van der Waals surface area contributed by atoms with Crippen molar-refractivity contribution in [2.24, 2.45) is 0 Å². The zero-order valence-corrected chi connectivity index (χ0v) is 15.0. The number of esters is 1. The molecular formula is C20H17N3O5. The summed E-state index contributed by atoms with van der Waals surface area (Å²) in [5, 5.41) is 11.9. The Morgan fingerprint density at radius 3 is 2.50 bits per heavy atom. The number of aliphatic carboxylic acids is 1. The number of para-hydroxylation sites is 2. The highest BCUT2D eigenvalue weighted by atomic mass is 16.5. The molecule has 0 aliphatic carbocycles. The number of carbonyl (C=O) groups excluding carboxylic acids is 2. The molecule has 1 aromatic heterocycles. The fraction of sp³-hybridized carbons (Fsp3) is 0.150. The lowest BCUT2D eigenvalue weighted by atomic mass is 10.1. The van der Waals surface area contributed by atoms with Crippen molar-refractivity contribution in [3.8, 4) is 0 Å². The van der Waals surface area contributed by atoms with E-state index in [1.165, 1.54) is 37.6 Å². The van der Waals surface area contributed by atoms with Crippen molar-refractivity contribution in [1.82, 2.24) is 15.3 Å². The first-order valence-corrected chi connectivity index (χ1v) is 8.40. The summed E-state index contributed by atoms with van der Waals surface area (Å²) in [5.41, 5.74) is 2.12. The highest BCUT2D eigenvalue weighted by molar-refractivity contribution is 5.99. The van der Waals surface area contributed by atoms with E-state index in [9.17, 15) is 19.5 Å². The van der Waals surface area contributed by atoms with Crippen LogP contribution in [0.4, 0.5) is 0 Å². The maximum absolute atomic E-state index is 12.5. The van der Waals surface area contributed by atoms with Gasteiger partial charge in [-0.15, -0.1) is 0 Å². The number of aromatic nitrogens is 2. The molecule has 0 spiro atoms. The van der Waals surface area contributed by atoms with Crippen LogP contribution < -0.4 is 5.32 Å². The minimum absolute atomic E-state index is 0.0321. The predicted octanol–water partition coefficient (Wildman–Crippen LogP) is 1.84. The average Bonchev–Trinajstić information content (AvgIpc) is 2.72. The molecule has 0 aliphatic heterocycles. The Morgan fingerprint density at radius 1 is 1.07 bits per heavy atom. The van der Waals surface area contributed by atoms with E-state index in [1.807, 2.05) is 12.1 Å². The van der Waals surface area contributed by atoms with Gasteiger partial charge < -0.3 is 15.2 Å². The van der Waals surface area contributed by atoms with Crippen LogP contribution in [-0.4, -0.2) is 46.1 Å². The second-order valence-corrected chi connectivity index (χ2v) is 5.99. The zero-order valence-electron chi connectivity index (χ0n) is 15.0. The summed E-state index contributed by atoms with van der Waals surface area (Å²) in [6.45, 7) is 0. The number of carbonyl (C=O) groups is 3. The second-order valence-electron chi connectivity index (χ2n) is 5.99. The summed E-state index contributed by atoms with van der Waals surface area (Å²) in [6, 6.07) is 11.9. The van der Waals surface area contributed by atoms with Crippen LogP contribution in [0.25, 0.3) is 11.0 Å². The lowest BCUT2D eigenvalue weighted by Gasteiger charge is -2.14. The molecule has 8 nitrogen and oxygen atoms in total. The monoisotopic (exact) mass is 379 g/mol. The standard InChI is InChI=1S/C20H17N3O5/c1-28-20(27)13-6-4-5-12(9-13)18(24)23-17(19(25)26)10-14-11-21-15-7-2-3-8-16(15)22-14/h2-9,11,17H,10H2,1H3,(H,23,24)(H,25,26)/t17-/m1/s1. The number of hydrogen-bond acceptors (Lipinski definition) is 6. The fourth-order valence-electron chi connectivity index (χ4n) is 2.65. The van der Waals surface area contributed by atoms with Crippen LogP contribution in [0.5, 0.6) is 0 Å². The molecule has 1 atom stereocenters. The quantitative estimate of drug-likeness (QED) is 0.627. The summed E-state index contributed by atoms with van der Waals surface area (Å²) in [6.07, 6.45) is 1.46. The molecule has 0 unspecified atom stereocenters. The number of nitrogens with zero attached hydrogens (tertiary/aromatic N) is 2. The Bertz CT molecular complexity index is 1050. The number of benzene rings is 2. The van der Waals surface area contributed by atoms with Crippen molar-refractivity contribution in [3.63, 3.8) is 0 Å². The maximum Gasteiger partial charge on any atom is 0.337 e. The number of carboxylic acid groups (broad SMARTS) is 1. The number of ether oxygens (including phenoxy) is 1. The van der Waals surface area contributed by atoms with Crippen molar-refractivity contribution in [1.29, 1.82) is 0 Å². The number of fused-ring (bicyclic) bond motifs is 1. The molecule has 28 heavy (non-hydrogen) atoms. The van der Waals surface area contributed by atoms with Crippen molar-refractivity contribution in [2.75, 3.05) is 7.11 Å². The van der Waals surface area contributed by atoms with Gasteiger partial charge in [0.25, 0.3) is 5.91 Å². The van der Waals surface area contributed by atoms with Crippen LogP contribution in [0, 0.1) is 0 Å². The summed E-state index contributed by atoms with van der Waals surface area (Å²) < 4.78 is 4.62. The van der Waals surface area contributed by atoms with Crippen molar-refractivity contribution in [3.05, 3.63) is 71.5 Å². The van der Waals surface area contributed by atoms with Crippen LogP contribution in [0.1, 0.15) is 26.4 Å². The van der Waals surface area contributed by atoms with E-state index < -0.39 is 23.9 Å². The van der Waals surface area contributed by atoms with Gasteiger partial charge in [-0.25, -0.2) is 14.6 Å². The maximum atomic E-state index is 12.5. The van der Waals surface area contributed by atoms with Gasteiger partial charge in [-0.05, 0) is 30.3 Å². The lowest BCUT2D eigenvalue weighted by molar-refractivity contribution is -0.139. The van der Waals surface area contributed by atoms with Crippen molar-refractivity contribution >= 4 is 28.9 Å². The summed E-state index contributed by atoms with van der Waals surface area (Å²) in [4.78, 5) is 44.3. The first kappa shape index (κ1) is 19.0. The van der Waals surface area contributed by atoms with Gasteiger partial charge >= 0.3 is 11.9 Å². The van der Waals surface area contributed by atoms with E-state index in [0.29, 0.717) is 16.7 Å². The molecule has 1 amide bonds. The molecular weight excluding hydrogens is 362 g/mol. The molecule has 0 fully saturated rings. The van der Waals surface area contributed by atoms with Crippen molar-refractivity contribution < 1.29 is 24.2 Å². The molecule has 8 heteroatoms. The highest BCUT2D eigenvalue weighted by Gasteiger charge is 2.22. The third kappa shape index (κ3) is 4.29. The highest BCUT2D eigenvalue weighted by Crippen LogP contribution is 2.11. The fourth-order valence-corrected chi connectivity index (χ4v) is 2.65. The average molecular weight is 379 g/mol. The smallest absolute Gasteiger partial charge is 0.337 e. The van der Waals surface area contributed by atoms with Gasteiger partial charge in [0, 0.05) is 18.2 Å². The van der Waals surface area contributed by atoms with Gasteiger partial charge in [0.05, 0.1) is 29.4 Å². The van der Waals surface area contributed by atoms with Crippen LogP contribution >= 0.6 is 0 Å². The summed E-state index contributed by atoms with van der Waals surface area (Å²) in [7, 11) is 1.24. The Labute approximate surface area is 160 Å². The lowest BCUT2D eigenvalue weighted by Crippen LogP contribution is -2.42. The third-order valence-corrected chi connectivity index (χ3v) is 4.06. The van der Waals surface area contributed by atoms with Crippen LogP contribution in [0.2, 0.25) is 0 Å². The van der Waals surface area contributed by atoms with E-state index in [0.717, 1.165) is 0 Å². The molecule has 142 valence electrons. The minimum atomic E-state index is -1.20. The number of methoxy groups -OCH3 is 1. The molecule has 0 saturated carbocycles. The SMILES string of the molecule is COC(=O)c1cccc(C(=O)N[C@H](Cc2cnc3ccccc3n2)C(=O)O)c1. The van der Waals surface area contributed by atoms with Crippen LogP contribution in [0.3, 0.4) is 0 Å². The number of hydrogen-bond donors (Lipinski definition) is 2. The van der Waals surface area contributed by atoms with E-state index in [2.05, 4.69) is 20.0 Å². The molecule has 0 radical (unpaired) electrons. The number of rotatable bonds is 6. The Morgan fingerprint density at radius 2 is 1.79 bits per heavy atom. The Kier molecular flexibility index (Phi) is 5.59. The largest absolute Gasteiger partial charge is 0.480 e. The van der Waals surface area contributed by atoms with E-state index >= 15 is 0 Å². The molecule has 0 aliphatic rings. The first-order chi connectivity index (χ1) is 13.5. The normalized spacial score (nSPS) is 11.6. The Balaban J connectivity index is 1.78. The molecule has 0 bridgehead atoms. The van der Waals surface area contributed by atoms with Crippen molar-refractivity contribution in [2.45, 2.75) is 12.5 Å². The molecule has 3 rings (SSSR count). The van der Waals surface area contributed by atoms with Gasteiger partial charge in [-0.3, -0.25) is 9.78 Å². The number of nitrogens with one attached hydrogen (secondary N) is 1. The summed E-state index contributed by atoms with van der Waals surface area (Å²) >= 11 is 0. The number of amides is 1. The second kappa shape index (κ2) is 8.26. The third-order valence-electron chi connectivity index (χ3n) is 4.06. The van der Waals surface area contributed by atoms with Gasteiger partial charge in [-0.2, -0.15) is 0 Å². The van der Waals surface area contributed by atoms with Gasteiger partial charge in [0.2, 0.25) is 0 Å². The molecule has 2 aromatic carbocycles. The van der Waals surface area contributed by atoms with E-state index in [4.69, 9.17) is 0 Å². The Hall–Kier alpha value is -3.81. The topological polar surface area (TPSA) is 118 Å². The van der Waals surface area contributed by atoms with E-state index in [1.54, 1.807) is 12.1 Å². The first-order valence-electron chi connectivity index (χ1n) is 8.40. The minimum Gasteiger partial charge on any atom is -0.480 e. The molecule has 0 saturated heterocycles. The molecule has 1 heterocycles.